The molecule has 3 rings (SSSR count). The van der Waals surface area contributed by atoms with Crippen molar-refractivity contribution in [2.45, 2.75) is 11.4 Å². The number of anilines is 1. The van der Waals surface area contributed by atoms with Crippen LogP contribution in [0, 0.1) is 5.82 Å². The third-order valence-corrected chi connectivity index (χ3v) is 5.93. The molecule has 1 aliphatic rings. The summed E-state index contributed by atoms with van der Waals surface area (Å²) in [5.41, 5.74) is 1.77. The van der Waals surface area contributed by atoms with Crippen LogP contribution in [0.3, 0.4) is 0 Å². The maximum absolute atomic E-state index is 13.6. The van der Waals surface area contributed by atoms with Crippen molar-refractivity contribution in [3.8, 4) is 5.75 Å². The van der Waals surface area contributed by atoms with Crippen LogP contribution in [-0.2, 0) is 11.3 Å². The molecule has 3 N–H and O–H groups in total. The van der Waals surface area contributed by atoms with E-state index in [0.29, 0.717) is 6.54 Å². The monoisotopic (exact) mass is 405 g/mol. The number of benzene rings is 2. The topological polar surface area (TPSA) is 47.2 Å². The standard InChI is InChI=1S/C21H26FN3O2S/c1-27-19-8-7-17(22)13-16(19)14-24-9-11-25(12-10-24)15-21(26)23-18-5-3-4-6-20(18)28-2/h3-8,13H,9-12,14-15H2,1-2H3,(H,23,26)/p+2. The first-order valence-corrected chi connectivity index (χ1v) is 10.7. The summed E-state index contributed by atoms with van der Waals surface area (Å²) in [5.74, 6) is 0.545. The summed E-state index contributed by atoms with van der Waals surface area (Å²) in [7, 11) is 1.61. The molecule has 0 bridgehead atoms. The molecule has 0 atom stereocenters. The molecule has 1 saturated heterocycles. The Morgan fingerprint density at radius 2 is 1.86 bits per heavy atom. The van der Waals surface area contributed by atoms with Gasteiger partial charge in [-0.15, -0.1) is 11.8 Å². The van der Waals surface area contributed by atoms with Crippen LogP contribution in [0.25, 0.3) is 0 Å². The number of piperazine rings is 1. The Bertz CT molecular complexity index is 810. The lowest BCUT2D eigenvalue weighted by molar-refractivity contribution is -1.02. The maximum Gasteiger partial charge on any atom is 0.279 e. The van der Waals surface area contributed by atoms with E-state index in [9.17, 15) is 9.18 Å². The van der Waals surface area contributed by atoms with E-state index < -0.39 is 0 Å². The molecule has 2 aromatic carbocycles. The van der Waals surface area contributed by atoms with Gasteiger partial charge in [0.1, 0.15) is 44.3 Å². The number of amides is 1. The third-order valence-electron chi connectivity index (χ3n) is 5.14. The lowest BCUT2D eigenvalue weighted by atomic mass is 10.1. The van der Waals surface area contributed by atoms with Crippen molar-refractivity contribution in [1.29, 1.82) is 0 Å². The fourth-order valence-corrected chi connectivity index (χ4v) is 4.19. The maximum atomic E-state index is 13.6. The van der Waals surface area contributed by atoms with Gasteiger partial charge >= 0.3 is 0 Å². The number of ether oxygens (including phenoxy) is 1. The number of thioether (sulfide) groups is 1. The van der Waals surface area contributed by atoms with Crippen LogP contribution in [-0.4, -0.2) is 52.0 Å². The zero-order valence-corrected chi connectivity index (χ0v) is 17.2. The minimum Gasteiger partial charge on any atom is -0.496 e. The SMILES string of the molecule is COc1ccc(F)cc1C[NH+]1CC[NH+](CC(=O)Nc2ccccc2SC)CC1. The number of rotatable bonds is 7. The van der Waals surface area contributed by atoms with Crippen molar-refractivity contribution in [2.24, 2.45) is 0 Å². The number of quaternary nitrogens is 2. The molecule has 1 amide bonds. The molecule has 2 aromatic rings. The number of nitrogens with one attached hydrogen (secondary N) is 3. The summed E-state index contributed by atoms with van der Waals surface area (Å²) >= 11 is 1.63. The zero-order valence-electron chi connectivity index (χ0n) is 16.4. The second-order valence-electron chi connectivity index (χ2n) is 7.06. The minimum atomic E-state index is -0.235. The summed E-state index contributed by atoms with van der Waals surface area (Å²) < 4.78 is 18.9. The van der Waals surface area contributed by atoms with Crippen LogP contribution >= 0.6 is 11.8 Å². The molecule has 7 heteroatoms. The molecule has 150 valence electrons. The largest absolute Gasteiger partial charge is 0.496 e. The highest BCUT2D eigenvalue weighted by Crippen LogP contribution is 2.24. The van der Waals surface area contributed by atoms with Gasteiger partial charge in [0.25, 0.3) is 5.91 Å². The van der Waals surface area contributed by atoms with Crippen molar-refractivity contribution in [3.05, 3.63) is 53.8 Å². The third kappa shape index (κ3) is 5.47. The highest BCUT2D eigenvalue weighted by Gasteiger charge is 2.26. The number of methoxy groups -OCH3 is 1. The van der Waals surface area contributed by atoms with Crippen LogP contribution in [0.2, 0.25) is 0 Å². The zero-order chi connectivity index (χ0) is 19.9. The Morgan fingerprint density at radius 1 is 1.14 bits per heavy atom. The first-order valence-electron chi connectivity index (χ1n) is 9.51. The van der Waals surface area contributed by atoms with Gasteiger partial charge in [-0.2, -0.15) is 0 Å². The Balaban J connectivity index is 1.49. The van der Waals surface area contributed by atoms with Crippen molar-refractivity contribution >= 4 is 23.4 Å². The normalized spacial score (nSPS) is 19.2. The minimum absolute atomic E-state index is 0.0479. The molecule has 0 saturated carbocycles. The molecular formula is C21H28FN3O2S+2. The summed E-state index contributed by atoms with van der Waals surface area (Å²) in [6.07, 6.45) is 2.01. The molecule has 5 nitrogen and oxygen atoms in total. The lowest BCUT2D eigenvalue weighted by Crippen LogP contribution is -3.28. The van der Waals surface area contributed by atoms with E-state index in [4.69, 9.17) is 4.74 Å². The summed E-state index contributed by atoms with van der Waals surface area (Å²) in [6, 6.07) is 12.5. The highest BCUT2D eigenvalue weighted by atomic mass is 32.2. The van der Waals surface area contributed by atoms with Crippen molar-refractivity contribution in [2.75, 3.05) is 51.4 Å². The lowest BCUT2D eigenvalue weighted by Gasteiger charge is -2.29. The van der Waals surface area contributed by atoms with E-state index in [0.717, 1.165) is 54.6 Å². The molecule has 0 unspecified atom stereocenters. The first-order chi connectivity index (χ1) is 13.6. The van der Waals surface area contributed by atoms with E-state index in [2.05, 4.69) is 5.32 Å². The molecule has 0 aromatic heterocycles. The Kier molecular flexibility index (Phi) is 7.30. The molecule has 1 heterocycles. The van der Waals surface area contributed by atoms with E-state index in [1.807, 2.05) is 30.5 Å². The van der Waals surface area contributed by atoms with Gasteiger partial charge in [0, 0.05) is 4.90 Å². The van der Waals surface area contributed by atoms with Gasteiger partial charge in [-0.25, -0.2) is 4.39 Å². The van der Waals surface area contributed by atoms with Crippen LogP contribution in [0.1, 0.15) is 5.56 Å². The second kappa shape index (κ2) is 9.91. The van der Waals surface area contributed by atoms with E-state index >= 15 is 0 Å². The van der Waals surface area contributed by atoms with Gasteiger partial charge in [0.2, 0.25) is 0 Å². The van der Waals surface area contributed by atoms with Crippen LogP contribution < -0.4 is 19.9 Å². The molecule has 0 aliphatic carbocycles. The number of carbonyl (C=O) groups is 1. The first kappa shape index (κ1) is 20.6. The summed E-state index contributed by atoms with van der Waals surface area (Å²) in [4.78, 5) is 16.2. The highest BCUT2D eigenvalue weighted by molar-refractivity contribution is 7.98. The predicted octanol–water partition coefficient (Wildman–Crippen LogP) is 0.478. The Hall–Kier alpha value is -2.09. The molecule has 28 heavy (non-hydrogen) atoms. The summed E-state index contributed by atoms with van der Waals surface area (Å²) in [6.45, 7) is 4.95. The van der Waals surface area contributed by atoms with Crippen LogP contribution in [0.15, 0.2) is 47.4 Å². The average Bonchev–Trinajstić information content (AvgIpc) is 2.70. The van der Waals surface area contributed by atoms with Crippen molar-refractivity contribution in [1.82, 2.24) is 0 Å². The average molecular weight is 406 g/mol. The van der Waals surface area contributed by atoms with Gasteiger partial charge < -0.3 is 19.9 Å². The van der Waals surface area contributed by atoms with Gasteiger partial charge in [0.05, 0.1) is 18.4 Å². The molecule has 1 aliphatic heterocycles. The summed E-state index contributed by atoms with van der Waals surface area (Å²) in [5, 5.41) is 3.04. The van der Waals surface area contributed by atoms with Gasteiger partial charge in [-0.1, -0.05) is 12.1 Å². The smallest absolute Gasteiger partial charge is 0.279 e. The quantitative estimate of drug-likeness (QED) is 0.588. The van der Waals surface area contributed by atoms with Gasteiger partial charge in [-0.05, 0) is 36.6 Å². The molecule has 0 radical (unpaired) electrons. The predicted molar refractivity (Wildman–Crippen MR) is 110 cm³/mol. The number of halogens is 1. The second-order valence-corrected chi connectivity index (χ2v) is 7.91. The number of hydrogen-bond donors (Lipinski definition) is 3. The van der Waals surface area contributed by atoms with Crippen molar-refractivity contribution in [3.63, 3.8) is 0 Å². The van der Waals surface area contributed by atoms with Crippen LogP contribution in [0.5, 0.6) is 5.75 Å². The van der Waals surface area contributed by atoms with Crippen LogP contribution in [0.4, 0.5) is 10.1 Å². The van der Waals surface area contributed by atoms with E-state index in [-0.39, 0.29) is 11.7 Å². The Labute approximate surface area is 169 Å². The van der Waals surface area contributed by atoms with Gasteiger partial charge in [0.15, 0.2) is 6.54 Å². The molecule has 1 fully saturated rings. The molecule has 0 spiro atoms. The van der Waals surface area contributed by atoms with E-state index in [1.54, 1.807) is 31.0 Å². The fraction of sp³-hybridized carbons (Fsp3) is 0.381. The van der Waals surface area contributed by atoms with Crippen molar-refractivity contribution < 1.29 is 23.7 Å². The number of hydrogen-bond acceptors (Lipinski definition) is 3. The molecular weight excluding hydrogens is 377 g/mol. The van der Waals surface area contributed by atoms with Gasteiger partial charge in [-0.3, -0.25) is 4.79 Å². The van der Waals surface area contributed by atoms with E-state index in [1.165, 1.54) is 15.9 Å². The number of carbonyl (C=O) groups excluding carboxylic acids is 1. The Morgan fingerprint density at radius 3 is 2.57 bits per heavy atom. The fourth-order valence-electron chi connectivity index (χ4n) is 3.63. The number of para-hydroxylation sites is 1.